The topological polar surface area (TPSA) is 68.5 Å². The Morgan fingerprint density at radius 3 is 2.56 bits per heavy atom. The first-order valence-corrected chi connectivity index (χ1v) is 9.52. The van der Waals surface area contributed by atoms with Crippen LogP contribution in [0.2, 0.25) is 0 Å². The molecular weight excluding hydrogens is 362 g/mol. The fourth-order valence-electron chi connectivity index (χ4n) is 2.77. The monoisotopic (exact) mass is 383 g/mol. The van der Waals surface area contributed by atoms with Crippen LogP contribution in [0.5, 0.6) is 0 Å². The Hall–Kier alpha value is -2.86. The number of amides is 1. The number of aryl methyl sites for hydroxylation is 3. The molecule has 0 aliphatic carbocycles. The van der Waals surface area contributed by atoms with Gasteiger partial charge in [0.1, 0.15) is 16.3 Å². The molecule has 2 aromatic heterocycles. The van der Waals surface area contributed by atoms with Crippen LogP contribution in [0, 0.1) is 20.8 Å². The first-order chi connectivity index (χ1) is 12.9. The fourth-order valence-corrected chi connectivity index (χ4v) is 3.72. The van der Waals surface area contributed by atoms with Gasteiger partial charge in [0.25, 0.3) is 5.91 Å². The van der Waals surface area contributed by atoms with E-state index in [1.54, 1.807) is 19.9 Å². The van der Waals surface area contributed by atoms with Gasteiger partial charge in [-0.25, -0.2) is 4.79 Å². The number of nitrogens with one attached hydrogen (secondary N) is 1. The van der Waals surface area contributed by atoms with Crippen molar-refractivity contribution in [1.29, 1.82) is 0 Å². The van der Waals surface area contributed by atoms with Gasteiger partial charge in [-0.1, -0.05) is 18.2 Å². The normalized spacial score (nSPS) is 10.7. The molecule has 0 saturated heterocycles. The van der Waals surface area contributed by atoms with Crippen LogP contribution in [0.25, 0.3) is 11.1 Å². The zero-order valence-corrected chi connectivity index (χ0v) is 16.5. The van der Waals surface area contributed by atoms with E-state index in [0.29, 0.717) is 21.9 Å². The third kappa shape index (κ3) is 3.80. The highest BCUT2D eigenvalue weighted by Gasteiger charge is 2.24. The second-order valence-corrected chi connectivity index (χ2v) is 7.10. The van der Waals surface area contributed by atoms with Gasteiger partial charge < -0.3 is 14.5 Å². The van der Waals surface area contributed by atoms with E-state index in [2.05, 4.69) is 5.32 Å². The van der Waals surface area contributed by atoms with Crippen LogP contribution in [0.15, 0.2) is 40.3 Å². The molecule has 0 aliphatic heterocycles. The summed E-state index contributed by atoms with van der Waals surface area (Å²) in [4.78, 5) is 25.2. The fraction of sp³-hybridized carbons (Fsp3) is 0.238. The number of furan rings is 1. The van der Waals surface area contributed by atoms with Crippen molar-refractivity contribution < 1.29 is 18.7 Å². The summed E-state index contributed by atoms with van der Waals surface area (Å²) >= 11 is 1.30. The maximum atomic E-state index is 12.6. The Morgan fingerprint density at radius 2 is 1.93 bits per heavy atom. The first kappa shape index (κ1) is 18.9. The van der Waals surface area contributed by atoms with Gasteiger partial charge in [0, 0.05) is 10.9 Å². The minimum Gasteiger partial charge on any atom is -0.469 e. The summed E-state index contributed by atoms with van der Waals surface area (Å²) in [6.45, 7) is 7.80. The number of benzene rings is 1. The van der Waals surface area contributed by atoms with Crippen molar-refractivity contribution in [3.05, 3.63) is 63.9 Å². The van der Waals surface area contributed by atoms with Crippen LogP contribution in [-0.4, -0.2) is 18.5 Å². The van der Waals surface area contributed by atoms with E-state index in [1.807, 2.05) is 37.4 Å². The molecule has 0 aliphatic rings. The summed E-state index contributed by atoms with van der Waals surface area (Å²) in [5.41, 5.74) is 4.78. The lowest BCUT2D eigenvalue weighted by Gasteiger charge is -2.10. The lowest BCUT2D eigenvalue weighted by Crippen LogP contribution is -2.15. The SMILES string of the molecule is CCOC(=O)c1c(-c2ccc(C)c(C)c2)csc1NC(=O)c1ccoc1C. The van der Waals surface area contributed by atoms with E-state index >= 15 is 0 Å². The number of carbonyl (C=O) groups is 2. The molecule has 0 bridgehead atoms. The van der Waals surface area contributed by atoms with E-state index in [4.69, 9.17) is 9.15 Å². The lowest BCUT2D eigenvalue weighted by atomic mass is 9.99. The van der Waals surface area contributed by atoms with E-state index < -0.39 is 5.97 Å². The van der Waals surface area contributed by atoms with Gasteiger partial charge in [0.05, 0.1) is 18.4 Å². The summed E-state index contributed by atoms with van der Waals surface area (Å²) in [7, 11) is 0. The maximum absolute atomic E-state index is 12.6. The smallest absolute Gasteiger partial charge is 0.341 e. The van der Waals surface area contributed by atoms with Gasteiger partial charge in [-0.05, 0) is 50.5 Å². The van der Waals surface area contributed by atoms with Crippen LogP contribution < -0.4 is 5.32 Å². The third-order valence-corrected chi connectivity index (χ3v) is 5.31. The van der Waals surface area contributed by atoms with Crippen LogP contribution in [0.1, 0.15) is 44.5 Å². The number of esters is 1. The number of carbonyl (C=O) groups excluding carboxylic acids is 2. The van der Waals surface area contributed by atoms with E-state index in [0.717, 1.165) is 16.7 Å². The van der Waals surface area contributed by atoms with Crippen LogP contribution >= 0.6 is 11.3 Å². The molecule has 0 radical (unpaired) electrons. The molecule has 0 unspecified atom stereocenters. The summed E-state index contributed by atoms with van der Waals surface area (Å²) in [6.07, 6.45) is 1.46. The van der Waals surface area contributed by atoms with Crippen molar-refractivity contribution >= 4 is 28.2 Å². The van der Waals surface area contributed by atoms with Gasteiger partial charge in [-0.3, -0.25) is 4.79 Å². The molecule has 1 amide bonds. The Kier molecular flexibility index (Phi) is 5.46. The average molecular weight is 383 g/mol. The molecule has 140 valence electrons. The van der Waals surface area contributed by atoms with Crippen LogP contribution in [0.4, 0.5) is 5.00 Å². The highest BCUT2D eigenvalue weighted by atomic mass is 32.1. The molecule has 1 N–H and O–H groups in total. The predicted octanol–water partition coefficient (Wildman–Crippen LogP) is 5.36. The summed E-state index contributed by atoms with van der Waals surface area (Å²) in [5.74, 6) is -0.248. The van der Waals surface area contributed by atoms with Gasteiger partial charge in [-0.15, -0.1) is 11.3 Å². The zero-order chi connectivity index (χ0) is 19.6. The number of hydrogen-bond acceptors (Lipinski definition) is 5. The summed E-state index contributed by atoms with van der Waals surface area (Å²) in [6, 6.07) is 7.63. The van der Waals surface area contributed by atoms with Crippen molar-refractivity contribution in [1.82, 2.24) is 0 Å². The number of rotatable bonds is 5. The summed E-state index contributed by atoms with van der Waals surface area (Å²) < 4.78 is 10.4. The summed E-state index contributed by atoms with van der Waals surface area (Å²) in [5, 5.41) is 5.16. The van der Waals surface area contributed by atoms with Gasteiger partial charge in [0.15, 0.2) is 0 Å². The van der Waals surface area contributed by atoms with E-state index in [1.165, 1.54) is 23.2 Å². The molecule has 3 aromatic rings. The zero-order valence-electron chi connectivity index (χ0n) is 15.7. The molecule has 6 heteroatoms. The third-order valence-electron chi connectivity index (χ3n) is 4.42. The first-order valence-electron chi connectivity index (χ1n) is 8.64. The molecular formula is C21H21NO4S. The standard InChI is InChI=1S/C21H21NO4S/c1-5-25-21(24)18-17(15-7-6-12(2)13(3)10-15)11-27-20(18)22-19(23)16-8-9-26-14(16)4/h6-11H,5H2,1-4H3,(H,22,23). The second-order valence-electron chi connectivity index (χ2n) is 6.22. The number of hydrogen-bond donors (Lipinski definition) is 1. The van der Waals surface area contributed by atoms with Gasteiger partial charge in [-0.2, -0.15) is 0 Å². The highest BCUT2D eigenvalue weighted by Crippen LogP contribution is 2.37. The van der Waals surface area contributed by atoms with Crippen molar-refractivity contribution in [3.63, 3.8) is 0 Å². The average Bonchev–Trinajstić information content (AvgIpc) is 3.24. The molecule has 0 saturated carbocycles. The Labute approximate surface area is 162 Å². The molecule has 0 fully saturated rings. The van der Waals surface area contributed by atoms with Gasteiger partial charge >= 0.3 is 5.97 Å². The van der Waals surface area contributed by atoms with Crippen LogP contribution in [-0.2, 0) is 4.74 Å². The number of ether oxygens (including phenoxy) is 1. The molecule has 5 nitrogen and oxygen atoms in total. The van der Waals surface area contributed by atoms with Crippen molar-refractivity contribution in [3.8, 4) is 11.1 Å². The molecule has 2 heterocycles. The van der Waals surface area contributed by atoms with Crippen molar-refractivity contribution in [2.24, 2.45) is 0 Å². The number of anilines is 1. The minimum absolute atomic E-state index is 0.259. The molecule has 0 atom stereocenters. The van der Waals surface area contributed by atoms with Crippen molar-refractivity contribution in [2.45, 2.75) is 27.7 Å². The van der Waals surface area contributed by atoms with E-state index in [9.17, 15) is 9.59 Å². The Balaban J connectivity index is 2.03. The molecule has 0 spiro atoms. The predicted molar refractivity (Wildman–Crippen MR) is 107 cm³/mol. The second kappa shape index (κ2) is 7.80. The lowest BCUT2D eigenvalue weighted by molar-refractivity contribution is 0.0529. The Bertz CT molecular complexity index is 1000. The largest absolute Gasteiger partial charge is 0.469 e. The minimum atomic E-state index is -0.453. The Morgan fingerprint density at radius 1 is 1.15 bits per heavy atom. The molecule has 3 rings (SSSR count). The van der Waals surface area contributed by atoms with Gasteiger partial charge in [0.2, 0.25) is 0 Å². The molecule has 1 aromatic carbocycles. The van der Waals surface area contributed by atoms with E-state index in [-0.39, 0.29) is 12.5 Å². The molecule has 27 heavy (non-hydrogen) atoms. The quantitative estimate of drug-likeness (QED) is 0.602. The van der Waals surface area contributed by atoms with Crippen LogP contribution in [0.3, 0.4) is 0 Å². The maximum Gasteiger partial charge on any atom is 0.341 e. The number of thiophene rings is 1. The highest BCUT2D eigenvalue weighted by molar-refractivity contribution is 7.15. The van der Waals surface area contributed by atoms with Crippen molar-refractivity contribution in [2.75, 3.05) is 11.9 Å².